The SMILES string of the molecule is COc1ccc(COC[C@H]2O[C@@H](n3cnc4c(=O)n(Cc5ccc(OC)cc5)cnc43)[C@H](O)[C@@H]2O)cc1. The van der Waals surface area contributed by atoms with Crippen LogP contribution in [0.2, 0.25) is 0 Å². The Kier molecular flexibility index (Phi) is 7.19. The molecular formula is C26H28N4O7. The lowest BCUT2D eigenvalue weighted by Crippen LogP contribution is -2.33. The molecular weight excluding hydrogens is 480 g/mol. The van der Waals surface area contributed by atoms with Crippen LogP contribution in [0, 0.1) is 0 Å². The molecule has 4 atom stereocenters. The Morgan fingerprint density at radius 1 is 0.892 bits per heavy atom. The van der Waals surface area contributed by atoms with Crippen molar-refractivity contribution in [3.05, 3.63) is 82.7 Å². The van der Waals surface area contributed by atoms with Crippen LogP contribution >= 0.6 is 0 Å². The van der Waals surface area contributed by atoms with E-state index in [9.17, 15) is 15.0 Å². The van der Waals surface area contributed by atoms with E-state index < -0.39 is 24.5 Å². The Hall–Kier alpha value is -3.77. The van der Waals surface area contributed by atoms with Crippen LogP contribution in [0.25, 0.3) is 11.2 Å². The van der Waals surface area contributed by atoms with Crippen molar-refractivity contribution in [1.82, 2.24) is 19.1 Å². The molecule has 2 aromatic heterocycles. The summed E-state index contributed by atoms with van der Waals surface area (Å²) in [6, 6.07) is 14.8. The van der Waals surface area contributed by atoms with Gasteiger partial charge in [-0.25, -0.2) is 9.97 Å². The van der Waals surface area contributed by atoms with E-state index in [0.717, 1.165) is 22.6 Å². The van der Waals surface area contributed by atoms with Crippen molar-refractivity contribution in [2.75, 3.05) is 20.8 Å². The first-order chi connectivity index (χ1) is 18.0. The zero-order chi connectivity index (χ0) is 25.9. The molecule has 2 N–H and O–H groups in total. The fraction of sp³-hybridized carbons (Fsp3) is 0.346. The third kappa shape index (κ3) is 5.07. The van der Waals surface area contributed by atoms with Crippen LogP contribution in [0.15, 0.2) is 66.0 Å². The van der Waals surface area contributed by atoms with Crippen molar-refractivity contribution < 1.29 is 29.2 Å². The zero-order valence-corrected chi connectivity index (χ0v) is 20.4. The van der Waals surface area contributed by atoms with E-state index in [4.69, 9.17) is 18.9 Å². The fourth-order valence-corrected chi connectivity index (χ4v) is 4.28. The molecule has 1 fully saturated rings. The van der Waals surface area contributed by atoms with E-state index in [2.05, 4.69) is 9.97 Å². The highest BCUT2D eigenvalue weighted by atomic mass is 16.6. The Labute approximate surface area is 212 Å². The van der Waals surface area contributed by atoms with Gasteiger partial charge in [0.25, 0.3) is 5.56 Å². The first kappa shape index (κ1) is 24.9. The average molecular weight is 509 g/mol. The van der Waals surface area contributed by atoms with E-state index in [1.807, 2.05) is 48.5 Å². The van der Waals surface area contributed by atoms with Crippen molar-refractivity contribution in [2.24, 2.45) is 0 Å². The van der Waals surface area contributed by atoms with Crippen LogP contribution in [0.5, 0.6) is 11.5 Å². The maximum absolute atomic E-state index is 13.1. The molecule has 2 aromatic carbocycles. The quantitative estimate of drug-likeness (QED) is 0.345. The van der Waals surface area contributed by atoms with Crippen LogP contribution in [0.1, 0.15) is 17.4 Å². The fourth-order valence-electron chi connectivity index (χ4n) is 4.28. The maximum atomic E-state index is 13.1. The summed E-state index contributed by atoms with van der Waals surface area (Å²) < 4.78 is 24.9. The number of nitrogens with zero attached hydrogens (tertiary/aromatic N) is 4. The maximum Gasteiger partial charge on any atom is 0.281 e. The number of hydrogen-bond acceptors (Lipinski definition) is 9. The van der Waals surface area contributed by atoms with Gasteiger partial charge in [0.15, 0.2) is 17.4 Å². The smallest absolute Gasteiger partial charge is 0.281 e. The number of aromatic nitrogens is 4. The number of benzene rings is 2. The predicted octanol–water partition coefficient (Wildman–Crippen LogP) is 1.49. The highest BCUT2D eigenvalue weighted by molar-refractivity contribution is 5.69. The number of methoxy groups -OCH3 is 2. The van der Waals surface area contributed by atoms with Gasteiger partial charge in [-0.1, -0.05) is 24.3 Å². The standard InChI is InChI=1S/C26H28N4O7/c1-34-18-7-3-16(4-8-18)11-29-14-28-24-21(25(29)33)27-15-30(24)26-23(32)22(31)20(37-26)13-36-12-17-5-9-19(35-2)10-6-17/h3-10,14-15,20,22-23,26,31-32H,11-13H2,1-2H3/t20-,22-,23-,26-/m1/s1. The molecule has 1 saturated heterocycles. The van der Waals surface area contributed by atoms with Gasteiger partial charge in [-0.15, -0.1) is 0 Å². The van der Waals surface area contributed by atoms with Crippen molar-refractivity contribution in [3.63, 3.8) is 0 Å². The van der Waals surface area contributed by atoms with Gasteiger partial charge >= 0.3 is 0 Å². The number of aliphatic hydroxyl groups excluding tert-OH is 2. The normalized spacial score (nSPS) is 21.4. The minimum Gasteiger partial charge on any atom is -0.497 e. The Bertz CT molecular complexity index is 1400. The molecule has 0 spiro atoms. The van der Waals surface area contributed by atoms with Crippen molar-refractivity contribution in [2.45, 2.75) is 37.7 Å². The van der Waals surface area contributed by atoms with Gasteiger partial charge in [0.05, 0.1) is 40.3 Å². The van der Waals surface area contributed by atoms with Gasteiger partial charge in [-0.3, -0.25) is 13.9 Å². The van der Waals surface area contributed by atoms with Gasteiger partial charge in [0.2, 0.25) is 0 Å². The molecule has 0 amide bonds. The summed E-state index contributed by atoms with van der Waals surface area (Å²) in [7, 11) is 3.19. The number of aliphatic hydroxyl groups is 2. The third-order valence-electron chi connectivity index (χ3n) is 6.38. The highest BCUT2D eigenvalue weighted by Gasteiger charge is 2.44. The number of imidazole rings is 1. The summed E-state index contributed by atoms with van der Waals surface area (Å²) >= 11 is 0. The van der Waals surface area contributed by atoms with E-state index in [0.29, 0.717) is 13.2 Å². The molecule has 194 valence electrons. The second-order valence-electron chi connectivity index (χ2n) is 8.76. The lowest BCUT2D eigenvalue weighted by Gasteiger charge is -2.16. The van der Waals surface area contributed by atoms with Crippen LogP contribution in [0.4, 0.5) is 0 Å². The monoisotopic (exact) mass is 508 g/mol. The molecule has 0 bridgehead atoms. The number of hydrogen-bond donors (Lipinski definition) is 2. The zero-order valence-electron chi connectivity index (χ0n) is 20.4. The molecule has 5 rings (SSSR count). The Morgan fingerprint density at radius 3 is 2.19 bits per heavy atom. The summed E-state index contributed by atoms with van der Waals surface area (Å²) in [4.78, 5) is 21.7. The molecule has 0 unspecified atom stereocenters. The first-order valence-electron chi connectivity index (χ1n) is 11.8. The molecule has 0 aliphatic carbocycles. The first-order valence-corrected chi connectivity index (χ1v) is 11.8. The molecule has 11 nitrogen and oxygen atoms in total. The largest absolute Gasteiger partial charge is 0.497 e. The van der Waals surface area contributed by atoms with Crippen LogP contribution in [-0.4, -0.2) is 68.5 Å². The molecule has 11 heteroatoms. The minimum atomic E-state index is -1.25. The lowest BCUT2D eigenvalue weighted by atomic mass is 10.1. The van der Waals surface area contributed by atoms with E-state index in [1.54, 1.807) is 14.2 Å². The van der Waals surface area contributed by atoms with Crippen LogP contribution < -0.4 is 15.0 Å². The van der Waals surface area contributed by atoms with E-state index in [-0.39, 0.29) is 23.3 Å². The second kappa shape index (κ2) is 10.7. The summed E-state index contributed by atoms with van der Waals surface area (Å²) in [6.45, 7) is 0.684. The molecule has 37 heavy (non-hydrogen) atoms. The number of fused-ring (bicyclic) bond motifs is 1. The Morgan fingerprint density at radius 2 is 1.54 bits per heavy atom. The summed E-state index contributed by atoms with van der Waals surface area (Å²) in [5.74, 6) is 1.48. The summed E-state index contributed by atoms with van der Waals surface area (Å²) in [5.41, 5.74) is 1.90. The molecule has 0 saturated carbocycles. The summed E-state index contributed by atoms with van der Waals surface area (Å²) in [6.07, 6.45) is -1.37. The van der Waals surface area contributed by atoms with Crippen LogP contribution in [0.3, 0.4) is 0 Å². The van der Waals surface area contributed by atoms with Crippen molar-refractivity contribution in [3.8, 4) is 11.5 Å². The highest BCUT2D eigenvalue weighted by Crippen LogP contribution is 2.31. The van der Waals surface area contributed by atoms with Crippen molar-refractivity contribution >= 4 is 11.2 Å². The van der Waals surface area contributed by atoms with Gasteiger partial charge in [0.1, 0.15) is 36.1 Å². The third-order valence-corrected chi connectivity index (χ3v) is 6.38. The molecule has 1 aliphatic heterocycles. The van der Waals surface area contributed by atoms with Gasteiger partial charge in [-0.05, 0) is 35.4 Å². The molecule has 0 radical (unpaired) electrons. The van der Waals surface area contributed by atoms with Gasteiger partial charge in [-0.2, -0.15) is 0 Å². The van der Waals surface area contributed by atoms with Gasteiger partial charge in [0, 0.05) is 0 Å². The number of ether oxygens (including phenoxy) is 4. The topological polar surface area (TPSA) is 130 Å². The minimum absolute atomic E-state index is 0.0650. The molecule has 1 aliphatic rings. The second-order valence-corrected chi connectivity index (χ2v) is 8.76. The molecule has 3 heterocycles. The van der Waals surface area contributed by atoms with Crippen molar-refractivity contribution in [1.29, 1.82) is 0 Å². The number of rotatable bonds is 9. The van der Waals surface area contributed by atoms with E-state index in [1.165, 1.54) is 21.8 Å². The summed E-state index contributed by atoms with van der Waals surface area (Å²) in [5, 5.41) is 21.2. The van der Waals surface area contributed by atoms with E-state index >= 15 is 0 Å². The van der Waals surface area contributed by atoms with Gasteiger partial charge < -0.3 is 29.2 Å². The predicted molar refractivity (Wildman–Crippen MR) is 132 cm³/mol. The average Bonchev–Trinajstić information content (AvgIpc) is 3.48. The van der Waals surface area contributed by atoms with Crippen LogP contribution in [-0.2, 0) is 22.6 Å². The lowest BCUT2D eigenvalue weighted by molar-refractivity contribution is -0.0682. The molecule has 4 aromatic rings. The Balaban J connectivity index is 1.27.